The minimum absolute atomic E-state index is 0.190. The fraction of sp³-hybridized carbons (Fsp3) is 0.0769. The summed E-state index contributed by atoms with van der Waals surface area (Å²) in [5.74, 6) is 0.953. The molecule has 0 unspecified atom stereocenters. The number of sulfone groups is 1. The van der Waals surface area contributed by atoms with Crippen LogP contribution in [0.1, 0.15) is 11.3 Å². The molecule has 0 aliphatic heterocycles. The Balaban J connectivity index is 1.52. The molecule has 2 aromatic carbocycles. The molecule has 0 aliphatic carbocycles. The molecule has 8 heteroatoms. The maximum absolute atomic E-state index is 13.0. The highest BCUT2D eigenvalue weighted by molar-refractivity contribution is 7.90. The highest BCUT2D eigenvalue weighted by Crippen LogP contribution is 2.34. The van der Waals surface area contributed by atoms with E-state index in [4.69, 9.17) is 4.74 Å². The van der Waals surface area contributed by atoms with Crippen LogP contribution in [0.4, 0.5) is 0 Å². The maximum atomic E-state index is 13.0. The molecular weight excluding hydrogens is 448 g/mol. The molecule has 7 nitrogen and oxygen atoms in total. The topological polar surface area (TPSA) is 94.9 Å². The smallest absolute Gasteiger partial charge is 0.219 e. The summed E-state index contributed by atoms with van der Waals surface area (Å²) in [4.78, 5) is 16.9. The van der Waals surface area contributed by atoms with E-state index >= 15 is 0 Å². The largest absolute Gasteiger partial charge is 0.439 e. The number of aryl methyl sites for hydroxylation is 1. The Labute approximate surface area is 197 Å². The summed E-state index contributed by atoms with van der Waals surface area (Å²) in [7, 11) is -3.57. The molecule has 0 saturated heterocycles. The van der Waals surface area contributed by atoms with Crippen molar-refractivity contribution in [2.24, 2.45) is 0 Å². The van der Waals surface area contributed by atoms with Gasteiger partial charge in [0.2, 0.25) is 5.88 Å². The van der Waals surface area contributed by atoms with Crippen LogP contribution in [0, 0.1) is 6.92 Å². The number of nitrogens with zero attached hydrogens (tertiary/aromatic N) is 4. The first-order chi connectivity index (χ1) is 16.5. The number of benzene rings is 2. The van der Waals surface area contributed by atoms with Gasteiger partial charge in [-0.2, -0.15) is 0 Å². The van der Waals surface area contributed by atoms with Gasteiger partial charge in [0, 0.05) is 35.6 Å². The molecule has 0 bridgehead atoms. The number of hydrogen-bond donors (Lipinski definition) is 0. The lowest BCUT2D eigenvalue weighted by Gasteiger charge is -2.12. The van der Waals surface area contributed by atoms with Gasteiger partial charge in [-0.25, -0.2) is 23.4 Å². The molecule has 5 aromatic rings. The lowest BCUT2D eigenvalue weighted by atomic mass is 10.00. The van der Waals surface area contributed by atoms with E-state index in [1.807, 2.05) is 43.3 Å². The Bertz CT molecular complexity index is 1570. The van der Waals surface area contributed by atoms with Crippen molar-refractivity contribution in [2.75, 3.05) is 0 Å². The van der Waals surface area contributed by atoms with Gasteiger partial charge in [0.1, 0.15) is 12.1 Å². The Morgan fingerprint density at radius 3 is 2.56 bits per heavy atom. The molecule has 3 heterocycles. The molecule has 0 radical (unpaired) electrons. The summed E-state index contributed by atoms with van der Waals surface area (Å²) in [6, 6.07) is 19.8. The van der Waals surface area contributed by atoms with Gasteiger partial charge in [0.15, 0.2) is 9.84 Å². The van der Waals surface area contributed by atoms with Crippen molar-refractivity contribution in [3.63, 3.8) is 0 Å². The van der Waals surface area contributed by atoms with Crippen molar-refractivity contribution < 1.29 is 13.2 Å². The van der Waals surface area contributed by atoms with Gasteiger partial charge in [0.05, 0.1) is 22.0 Å². The zero-order valence-corrected chi connectivity index (χ0v) is 19.1. The van der Waals surface area contributed by atoms with Crippen LogP contribution >= 0.6 is 0 Å². The van der Waals surface area contributed by atoms with Gasteiger partial charge >= 0.3 is 0 Å². The molecule has 3 aromatic heterocycles. The van der Waals surface area contributed by atoms with E-state index in [0.717, 1.165) is 27.6 Å². The third-order valence-corrected chi connectivity index (χ3v) is 7.05. The number of aromatic nitrogens is 4. The second kappa shape index (κ2) is 8.99. The van der Waals surface area contributed by atoms with E-state index in [-0.39, 0.29) is 10.6 Å². The molecule has 0 saturated carbocycles. The highest BCUT2D eigenvalue weighted by Gasteiger charge is 2.18. The zero-order chi connectivity index (χ0) is 23.5. The first-order valence-corrected chi connectivity index (χ1v) is 12.2. The summed E-state index contributed by atoms with van der Waals surface area (Å²) >= 11 is 0. The van der Waals surface area contributed by atoms with Crippen molar-refractivity contribution in [2.45, 2.75) is 17.6 Å². The van der Waals surface area contributed by atoms with Crippen molar-refractivity contribution in [3.8, 4) is 22.9 Å². The van der Waals surface area contributed by atoms with Crippen molar-refractivity contribution in [3.05, 3.63) is 103 Å². The van der Waals surface area contributed by atoms with Gasteiger partial charge in [-0.3, -0.25) is 4.98 Å². The van der Waals surface area contributed by atoms with Crippen molar-refractivity contribution in [1.82, 2.24) is 19.9 Å². The summed E-state index contributed by atoms with van der Waals surface area (Å²) in [6.45, 7) is 2.00. The quantitative estimate of drug-likeness (QED) is 0.340. The van der Waals surface area contributed by atoms with E-state index in [1.54, 1.807) is 42.7 Å². The van der Waals surface area contributed by atoms with E-state index in [9.17, 15) is 8.42 Å². The average Bonchev–Trinajstić information content (AvgIpc) is 2.85. The Morgan fingerprint density at radius 1 is 0.853 bits per heavy atom. The monoisotopic (exact) mass is 468 g/mol. The van der Waals surface area contributed by atoms with E-state index in [2.05, 4.69) is 19.9 Å². The summed E-state index contributed by atoms with van der Waals surface area (Å²) in [6.07, 6.45) is 6.23. The summed E-state index contributed by atoms with van der Waals surface area (Å²) in [5.41, 5.74) is 3.12. The van der Waals surface area contributed by atoms with Crippen LogP contribution in [0.15, 0.2) is 96.5 Å². The third kappa shape index (κ3) is 4.49. The molecule has 34 heavy (non-hydrogen) atoms. The molecule has 0 amide bonds. The molecule has 0 fully saturated rings. The zero-order valence-electron chi connectivity index (χ0n) is 18.3. The van der Waals surface area contributed by atoms with E-state index < -0.39 is 9.84 Å². The predicted molar refractivity (Wildman–Crippen MR) is 129 cm³/mol. The standard InChI is InChI=1S/C26H20N4O3S/c1-18-5-6-21(33-25-4-2-3-11-28-25)15-24(18)26-23-8-7-22(14-19(23)9-13-29-26)34(31,32)16-20-10-12-27-17-30-20/h2-15,17H,16H2,1H3. The normalized spacial score (nSPS) is 11.4. The third-order valence-electron chi connectivity index (χ3n) is 5.40. The molecule has 5 rings (SSSR count). The lowest BCUT2D eigenvalue weighted by Crippen LogP contribution is -2.06. The number of hydrogen-bond acceptors (Lipinski definition) is 7. The maximum Gasteiger partial charge on any atom is 0.219 e. The summed E-state index contributed by atoms with van der Waals surface area (Å²) in [5, 5.41) is 1.63. The SMILES string of the molecule is Cc1ccc(Oc2ccccn2)cc1-c1nccc2cc(S(=O)(=O)Cc3ccncn3)ccc12. The minimum atomic E-state index is -3.57. The molecule has 0 spiro atoms. The van der Waals surface area contributed by atoms with Gasteiger partial charge in [-0.05, 0) is 60.3 Å². The van der Waals surface area contributed by atoms with Crippen LogP contribution < -0.4 is 4.74 Å². The highest BCUT2D eigenvalue weighted by atomic mass is 32.2. The van der Waals surface area contributed by atoms with Gasteiger partial charge in [0.25, 0.3) is 0 Å². The Hall–Kier alpha value is -4.17. The molecule has 0 atom stereocenters. The molecular formula is C26H20N4O3S. The van der Waals surface area contributed by atoms with E-state index in [0.29, 0.717) is 17.3 Å². The molecule has 0 aliphatic rings. The van der Waals surface area contributed by atoms with Gasteiger partial charge in [-0.15, -0.1) is 0 Å². The van der Waals surface area contributed by atoms with Crippen LogP contribution in [0.3, 0.4) is 0 Å². The van der Waals surface area contributed by atoms with Gasteiger partial charge < -0.3 is 4.74 Å². The molecule has 168 valence electrons. The van der Waals surface area contributed by atoms with Crippen LogP contribution in [0.5, 0.6) is 11.6 Å². The van der Waals surface area contributed by atoms with E-state index in [1.165, 1.54) is 12.5 Å². The number of fused-ring (bicyclic) bond motifs is 1. The summed E-state index contributed by atoms with van der Waals surface area (Å²) < 4.78 is 31.8. The Morgan fingerprint density at radius 2 is 1.76 bits per heavy atom. The average molecular weight is 469 g/mol. The number of rotatable bonds is 6. The number of ether oxygens (including phenoxy) is 1. The Kier molecular flexibility index (Phi) is 5.73. The van der Waals surface area contributed by atoms with Crippen LogP contribution in [0.25, 0.3) is 22.0 Å². The number of pyridine rings is 2. The lowest BCUT2D eigenvalue weighted by molar-refractivity contribution is 0.463. The predicted octanol–water partition coefficient (Wildman–Crippen LogP) is 5.16. The van der Waals surface area contributed by atoms with Crippen molar-refractivity contribution >= 4 is 20.6 Å². The van der Waals surface area contributed by atoms with Crippen LogP contribution in [-0.4, -0.2) is 28.4 Å². The molecule has 0 N–H and O–H groups in total. The van der Waals surface area contributed by atoms with Crippen LogP contribution in [0.2, 0.25) is 0 Å². The first-order valence-electron chi connectivity index (χ1n) is 10.6. The fourth-order valence-electron chi connectivity index (χ4n) is 3.69. The fourth-order valence-corrected chi connectivity index (χ4v) is 5.00. The second-order valence-electron chi connectivity index (χ2n) is 7.75. The van der Waals surface area contributed by atoms with Gasteiger partial charge in [-0.1, -0.05) is 18.2 Å². The second-order valence-corrected chi connectivity index (χ2v) is 9.74. The minimum Gasteiger partial charge on any atom is -0.439 e. The van der Waals surface area contributed by atoms with Crippen molar-refractivity contribution in [1.29, 1.82) is 0 Å². The van der Waals surface area contributed by atoms with Crippen LogP contribution in [-0.2, 0) is 15.6 Å². The first kappa shape index (κ1) is 21.7.